The van der Waals surface area contributed by atoms with Gasteiger partial charge in [0.15, 0.2) is 0 Å². The van der Waals surface area contributed by atoms with Crippen LogP contribution < -0.4 is 10.6 Å². The van der Waals surface area contributed by atoms with E-state index in [1.807, 2.05) is 0 Å². The van der Waals surface area contributed by atoms with Crippen molar-refractivity contribution in [2.24, 2.45) is 0 Å². The Bertz CT molecular complexity index is 101. The minimum absolute atomic E-state index is 1.12. The predicted octanol–water partition coefficient (Wildman–Crippen LogP) is 3.33. The Kier molecular flexibility index (Phi) is 14.8. The highest BCUT2D eigenvalue weighted by molar-refractivity contribution is 4.53. The predicted molar refractivity (Wildman–Crippen MR) is 74.0 cm³/mol. The van der Waals surface area contributed by atoms with E-state index in [9.17, 15) is 0 Å². The average molecular weight is 228 g/mol. The van der Waals surface area contributed by atoms with E-state index >= 15 is 0 Å². The highest BCUT2D eigenvalue weighted by atomic mass is 14.9. The second-order valence-electron chi connectivity index (χ2n) is 4.62. The van der Waals surface area contributed by atoms with Gasteiger partial charge in [0.05, 0.1) is 0 Å². The normalized spacial score (nSPS) is 10.9. The molecule has 0 radical (unpaired) electrons. The summed E-state index contributed by atoms with van der Waals surface area (Å²) in [6, 6.07) is 0. The maximum absolute atomic E-state index is 3.48. The summed E-state index contributed by atoms with van der Waals surface area (Å²) in [5.41, 5.74) is 0. The van der Waals surface area contributed by atoms with Gasteiger partial charge in [-0.15, -0.1) is 0 Å². The van der Waals surface area contributed by atoms with Gasteiger partial charge in [0.1, 0.15) is 0 Å². The maximum Gasteiger partial charge on any atom is 0.00767 e. The van der Waals surface area contributed by atoms with Crippen LogP contribution in [0.15, 0.2) is 0 Å². The van der Waals surface area contributed by atoms with Crippen molar-refractivity contribution in [1.29, 1.82) is 0 Å². The fraction of sp³-hybridized carbons (Fsp3) is 1.00. The van der Waals surface area contributed by atoms with E-state index in [1.54, 1.807) is 0 Å². The Labute approximate surface area is 103 Å². The van der Waals surface area contributed by atoms with Gasteiger partial charge >= 0.3 is 0 Å². The quantitative estimate of drug-likeness (QED) is 0.473. The Balaban J connectivity index is 2.83. The highest BCUT2D eigenvalue weighted by Crippen LogP contribution is 1.97. The first-order chi connectivity index (χ1) is 7.91. The molecule has 0 aromatic rings. The molecule has 0 atom stereocenters. The molecule has 0 saturated carbocycles. The van der Waals surface area contributed by atoms with Crippen LogP contribution in [-0.2, 0) is 0 Å². The van der Waals surface area contributed by atoms with Crippen molar-refractivity contribution in [3.63, 3.8) is 0 Å². The van der Waals surface area contributed by atoms with Crippen LogP contribution in [0.3, 0.4) is 0 Å². The second kappa shape index (κ2) is 14.9. The number of hydrogen-bond donors (Lipinski definition) is 2. The number of unbranched alkanes of at least 4 members (excludes halogenated alkanes) is 6. The monoisotopic (exact) mass is 228 g/mol. The lowest BCUT2D eigenvalue weighted by Crippen LogP contribution is -2.28. The van der Waals surface area contributed by atoms with E-state index in [-0.39, 0.29) is 0 Å². The van der Waals surface area contributed by atoms with Gasteiger partial charge < -0.3 is 10.6 Å². The molecular weight excluding hydrogens is 196 g/mol. The minimum Gasteiger partial charge on any atom is -0.315 e. The molecule has 0 amide bonds. The van der Waals surface area contributed by atoms with E-state index in [1.165, 1.54) is 64.5 Å². The van der Waals surface area contributed by atoms with Crippen molar-refractivity contribution in [3.05, 3.63) is 0 Å². The summed E-state index contributed by atoms with van der Waals surface area (Å²) in [5, 5.41) is 6.97. The van der Waals surface area contributed by atoms with Gasteiger partial charge in [-0.05, 0) is 25.9 Å². The molecule has 0 spiro atoms. The van der Waals surface area contributed by atoms with Gasteiger partial charge in [-0.25, -0.2) is 0 Å². The van der Waals surface area contributed by atoms with Crippen LogP contribution in [0.2, 0.25) is 0 Å². The molecule has 0 aliphatic heterocycles. The van der Waals surface area contributed by atoms with Crippen molar-refractivity contribution < 1.29 is 0 Å². The van der Waals surface area contributed by atoms with E-state index in [4.69, 9.17) is 0 Å². The zero-order chi connectivity index (χ0) is 11.9. The summed E-state index contributed by atoms with van der Waals surface area (Å²) in [6.45, 7) is 9.15. The zero-order valence-electron chi connectivity index (χ0n) is 11.5. The summed E-state index contributed by atoms with van der Waals surface area (Å²) in [6.07, 6.45) is 10.9. The summed E-state index contributed by atoms with van der Waals surface area (Å²) < 4.78 is 0. The SMILES string of the molecule is CCCCCCNCCNCCCCCC. The summed E-state index contributed by atoms with van der Waals surface area (Å²) >= 11 is 0. The summed E-state index contributed by atoms with van der Waals surface area (Å²) in [7, 11) is 0. The molecule has 0 bridgehead atoms. The van der Waals surface area contributed by atoms with E-state index in [0.29, 0.717) is 0 Å². The number of nitrogens with one attached hydrogen (secondary N) is 2. The second-order valence-corrected chi connectivity index (χ2v) is 4.62. The fourth-order valence-corrected chi connectivity index (χ4v) is 1.78. The lowest BCUT2D eigenvalue weighted by molar-refractivity contribution is 0.555. The van der Waals surface area contributed by atoms with Crippen LogP contribution in [0.25, 0.3) is 0 Å². The molecule has 0 aliphatic rings. The summed E-state index contributed by atoms with van der Waals surface area (Å²) in [4.78, 5) is 0. The van der Waals surface area contributed by atoms with Crippen LogP contribution in [0.5, 0.6) is 0 Å². The van der Waals surface area contributed by atoms with Crippen LogP contribution in [0.4, 0.5) is 0 Å². The first-order valence-electron chi connectivity index (χ1n) is 7.33. The van der Waals surface area contributed by atoms with E-state index in [2.05, 4.69) is 24.5 Å². The molecule has 16 heavy (non-hydrogen) atoms. The molecule has 0 aromatic carbocycles. The molecule has 0 aromatic heterocycles. The average Bonchev–Trinajstić information content (AvgIpc) is 2.31. The molecule has 2 N–H and O–H groups in total. The molecular formula is C14H32N2. The van der Waals surface area contributed by atoms with Gasteiger partial charge in [0.2, 0.25) is 0 Å². The zero-order valence-corrected chi connectivity index (χ0v) is 11.5. The molecule has 0 aliphatic carbocycles. The van der Waals surface area contributed by atoms with Gasteiger partial charge in [-0.2, -0.15) is 0 Å². The first kappa shape index (κ1) is 15.9. The highest BCUT2D eigenvalue weighted by Gasteiger charge is 1.90. The van der Waals surface area contributed by atoms with Crippen LogP contribution in [0, 0.1) is 0 Å². The molecule has 0 heterocycles. The number of hydrogen-bond acceptors (Lipinski definition) is 2. The van der Waals surface area contributed by atoms with Gasteiger partial charge in [0, 0.05) is 13.1 Å². The maximum atomic E-state index is 3.48. The summed E-state index contributed by atoms with van der Waals surface area (Å²) in [5.74, 6) is 0. The largest absolute Gasteiger partial charge is 0.315 e. The third-order valence-electron chi connectivity index (χ3n) is 2.89. The van der Waals surface area contributed by atoms with Crippen molar-refractivity contribution in [2.45, 2.75) is 65.2 Å². The Morgan fingerprint density at radius 3 is 1.31 bits per heavy atom. The smallest absolute Gasteiger partial charge is 0.00767 e. The first-order valence-corrected chi connectivity index (χ1v) is 7.33. The fourth-order valence-electron chi connectivity index (χ4n) is 1.78. The van der Waals surface area contributed by atoms with Crippen molar-refractivity contribution in [1.82, 2.24) is 10.6 Å². The van der Waals surface area contributed by atoms with E-state index in [0.717, 1.165) is 13.1 Å². The van der Waals surface area contributed by atoms with Gasteiger partial charge in [0.25, 0.3) is 0 Å². The van der Waals surface area contributed by atoms with Gasteiger partial charge in [-0.3, -0.25) is 0 Å². The Morgan fingerprint density at radius 2 is 0.938 bits per heavy atom. The van der Waals surface area contributed by atoms with Crippen molar-refractivity contribution in [2.75, 3.05) is 26.2 Å². The Hall–Kier alpha value is -0.0800. The van der Waals surface area contributed by atoms with Gasteiger partial charge in [-0.1, -0.05) is 52.4 Å². The standard InChI is InChI=1S/C14H32N2/c1-3-5-7-9-11-15-13-14-16-12-10-8-6-4-2/h15-16H,3-14H2,1-2H3. The van der Waals surface area contributed by atoms with Crippen LogP contribution in [-0.4, -0.2) is 26.2 Å². The molecule has 0 rings (SSSR count). The molecule has 0 fully saturated rings. The van der Waals surface area contributed by atoms with Crippen LogP contribution in [0.1, 0.15) is 65.2 Å². The third-order valence-corrected chi connectivity index (χ3v) is 2.89. The molecule has 0 saturated heterocycles. The molecule has 2 nitrogen and oxygen atoms in total. The number of rotatable bonds is 13. The molecule has 2 heteroatoms. The lowest BCUT2D eigenvalue weighted by Gasteiger charge is -2.06. The van der Waals surface area contributed by atoms with Crippen molar-refractivity contribution >= 4 is 0 Å². The van der Waals surface area contributed by atoms with Crippen molar-refractivity contribution in [3.8, 4) is 0 Å². The minimum atomic E-state index is 1.12. The third kappa shape index (κ3) is 13.9. The van der Waals surface area contributed by atoms with Crippen LogP contribution >= 0.6 is 0 Å². The molecule has 98 valence electrons. The Morgan fingerprint density at radius 1 is 0.500 bits per heavy atom. The molecule has 0 unspecified atom stereocenters. The topological polar surface area (TPSA) is 24.1 Å². The lowest BCUT2D eigenvalue weighted by atomic mass is 10.2. The van der Waals surface area contributed by atoms with E-state index < -0.39 is 0 Å².